The number of hydrogen-bond donors (Lipinski definition) is 0. The monoisotopic (exact) mass is 492 g/mol. The van der Waals surface area contributed by atoms with Crippen molar-refractivity contribution in [3.05, 3.63) is 62.3 Å². The zero-order chi connectivity index (χ0) is 18.5. The summed E-state index contributed by atoms with van der Waals surface area (Å²) in [7, 11) is 0. The van der Waals surface area contributed by atoms with E-state index >= 15 is 0 Å². The number of benzene rings is 2. The summed E-state index contributed by atoms with van der Waals surface area (Å²) in [5.74, 6) is 0.883. The first-order valence-electron chi connectivity index (χ1n) is 8.87. The molecule has 2 aliphatic rings. The molecule has 2 aromatic carbocycles. The average Bonchev–Trinajstić information content (AvgIpc) is 3.26. The van der Waals surface area contributed by atoms with Gasteiger partial charge in [0.05, 0.1) is 24.2 Å². The summed E-state index contributed by atoms with van der Waals surface area (Å²) in [6, 6.07) is 12.2. The van der Waals surface area contributed by atoms with E-state index in [1.807, 2.05) is 24.3 Å². The van der Waals surface area contributed by atoms with Gasteiger partial charge in [0.2, 0.25) is 0 Å². The highest BCUT2D eigenvalue weighted by Gasteiger charge is 2.45. The highest BCUT2D eigenvalue weighted by Crippen LogP contribution is 2.41. The van der Waals surface area contributed by atoms with E-state index in [2.05, 4.69) is 55.5 Å². The van der Waals surface area contributed by atoms with E-state index in [9.17, 15) is 0 Å². The summed E-state index contributed by atoms with van der Waals surface area (Å²) in [6.07, 6.45) is -0.470. The van der Waals surface area contributed by atoms with Crippen LogP contribution in [-0.2, 0) is 27.4 Å². The molecule has 5 rings (SSSR count). The van der Waals surface area contributed by atoms with Crippen LogP contribution in [0.1, 0.15) is 23.2 Å². The molecule has 0 amide bonds. The lowest BCUT2D eigenvalue weighted by atomic mass is 10.1. The van der Waals surface area contributed by atoms with Crippen molar-refractivity contribution in [2.75, 3.05) is 6.61 Å². The fraction of sp³-hybridized carbons (Fsp3) is 0.350. The van der Waals surface area contributed by atoms with Gasteiger partial charge in [-0.1, -0.05) is 46.3 Å². The molecule has 5 nitrogen and oxygen atoms in total. The van der Waals surface area contributed by atoms with E-state index in [0.717, 1.165) is 36.9 Å². The Balaban J connectivity index is 1.46. The molecule has 0 radical (unpaired) electrons. The van der Waals surface area contributed by atoms with E-state index in [4.69, 9.17) is 19.2 Å². The normalized spacial score (nSPS) is 24.2. The third kappa shape index (κ3) is 2.96. The molecule has 3 heterocycles. The fourth-order valence-electron chi connectivity index (χ4n) is 3.77. The molecular weight excluding hydrogens is 476 g/mol. The summed E-state index contributed by atoms with van der Waals surface area (Å²) < 4.78 is 22.6. The third-order valence-electron chi connectivity index (χ3n) is 5.21. The Morgan fingerprint density at radius 1 is 1.22 bits per heavy atom. The maximum absolute atomic E-state index is 6.13. The summed E-state index contributed by atoms with van der Waals surface area (Å²) >= 11 is 7.35. The lowest BCUT2D eigenvalue weighted by Gasteiger charge is -2.30. The van der Waals surface area contributed by atoms with Gasteiger partial charge in [-0.2, -0.15) is 0 Å². The Morgan fingerprint density at radius 3 is 2.85 bits per heavy atom. The van der Waals surface area contributed by atoms with Gasteiger partial charge in [0.15, 0.2) is 6.23 Å². The molecule has 0 aliphatic carbocycles. The quantitative estimate of drug-likeness (QED) is 0.521. The predicted molar refractivity (Wildman–Crippen MR) is 108 cm³/mol. The van der Waals surface area contributed by atoms with Crippen molar-refractivity contribution >= 4 is 42.9 Å². The van der Waals surface area contributed by atoms with Crippen molar-refractivity contribution in [3.8, 4) is 0 Å². The van der Waals surface area contributed by atoms with Crippen LogP contribution < -0.4 is 0 Å². The summed E-state index contributed by atoms with van der Waals surface area (Å²) in [4.78, 5) is 4.75. The third-order valence-corrected chi connectivity index (χ3v) is 7.01. The van der Waals surface area contributed by atoms with Crippen LogP contribution in [0.5, 0.6) is 0 Å². The number of rotatable bonds is 3. The van der Waals surface area contributed by atoms with E-state index in [1.54, 1.807) is 0 Å². The smallest absolute Gasteiger partial charge is 0.164 e. The molecule has 0 bridgehead atoms. The minimum absolute atomic E-state index is 0.101. The van der Waals surface area contributed by atoms with Crippen LogP contribution in [0.3, 0.4) is 0 Å². The maximum atomic E-state index is 6.13. The van der Waals surface area contributed by atoms with E-state index in [0.29, 0.717) is 19.8 Å². The van der Waals surface area contributed by atoms with Gasteiger partial charge in [-0.3, -0.25) is 4.57 Å². The standard InChI is InChI=1S/C20H18Br2N2O3/c1-11-13(21)7-14-18(17(11)22)24-16(23-14)10-26-19-15(9-27-20(19)24)25-8-12-5-3-2-4-6-12/h2-7,15,19-20H,8-10H2,1H3/t15-,19-,20+/m1/s1. The van der Waals surface area contributed by atoms with Crippen molar-refractivity contribution in [1.29, 1.82) is 0 Å². The molecule has 27 heavy (non-hydrogen) atoms. The fourth-order valence-corrected chi connectivity index (χ4v) is 5.06. The maximum Gasteiger partial charge on any atom is 0.164 e. The Bertz CT molecular complexity index is 1010. The molecule has 0 saturated carbocycles. The molecule has 1 aromatic heterocycles. The van der Waals surface area contributed by atoms with Crippen LogP contribution >= 0.6 is 31.9 Å². The van der Waals surface area contributed by atoms with Crippen LogP contribution in [0.25, 0.3) is 11.0 Å². The lowest BCUT2D eigenvalue weighted by molar-refractivity contribution is -0.110. The number of imidazole rings is 1. The molecule has 1 saturated heterocycles. The number of ether oxygens (including phenoxy) is 3. The zero-order valence-corrected chi connectivity index (χ0v) is 17.9. The number of fused-ring (bicyclic) bond motifs is 5. The van der Waals surface area contributed by atoms with Crippen molar-refractivity contribution in [1.82, 2.24) is 9.55 Å². The van der Waals surface area contributed by atoms with Crippen molar-refractivity contribution < 1.29 is 14.2 Å². The van der Waals surface area contributed by atoms with Gasteiger partial charge in [0.1, 0.15) is 24.6 Å². The zero-order valence-electron chi connectivity index (χ0n) is 14.7. The van der Waals surface area contributed by atoms with Crippen molar-refractivity contribution in [3.63, 3.8) is 0 Å². The van der Waals surface area contributed by atoms with E-state index in [-0.39, 0.29) is 18.4 Å². The molecule has 0 N–H and O–H groups in total. The van der Waals surface area contributed by atoms with Crippen LogP contribution in [0.4, 0.5) is 0 Å². The second-order valence-electron chi connectivity index (χ2n) is 6.90. The summed E-state index contributed by atoms with van der Waals surface area (Å²) in [5, 5.41) is 0. The molecule has 2 aliphatic heterocycles. The second kappa shape index (κ2) is 6.97. The molecular formula is C20H18Br2N2O3. The highest BCUT2D eigenvalue weighted by atomic mass is 79.9. The van der Waals surface area contributed by atoms with Gasteiger partial charge in [0, 0.05) is 8.95 Å². The van der Waals surface area contributed by atoms with Crippen LogP contribution in [0.15, 0.2) is 45.3 Å². The molecule has 3 atom stereocenters. The Kier molecular flexibility index (Phi) is 4.60. The minimum atomic E-state index is -0.226. The van der Waals surface area contributed by atoms with Crippen molar-refractivity contribution in [2.45, 2.75) is 38.6 Å². The first-order valence-corrected chi connectivity index (χ1v) is 10.5. The summed E-state index contributed by atoms with van der Waals surface area (Å²) in [6.45, 7) is 3.59. The molecule has 0 unspecified atom stereocenters. The minimum Gasteiger partial charge on any atom is -0.368 e. The molecule has 0 spiro atoms. The first kappa shape index (κ1) is 17.8. The van der Waals surface area contributed by atoms with Crippen LogP contribution in [0, 0.1) is 6.92 Å². The van der Waals surface area contributed by atoms with Crippen LogP contribution in [0.2, 0.25) is 0 Å². The van der Waals surface area contributed by atoms with Crippen LogP contribution in [-0.4, -0.2) is 28.4 Å². The largest absolute Gasteiger partial charge is 0.368 e. The van der Waals surface area contributed by atoms with Gasteiger partial charge in [0.25, 0.3) is 0 Å². The SMILES string of the molecule is Cc1c(Br)cc2nc3n(c2c1Br)[C@H]1OC[C@@H](OCc2ccccc2)[C@H]1OC3. The Hall–Kier alpha value is -1.25. The number of nitrogens with zero attached hydrogens (tertiary/aromatic N) is 2. The highest BCUT2D eigenvalue weighted by molar-refractivity contribution is 9.11. The Labute approximate surface area is 173 Å². The molecule has 3 aromatic rings. The predicted octanol–water partition coefficient (Wildman–Crippen LogP) is 4.88. The second-order valence-corrected chi connectivity index (χ2v) is 8.55. The molecule has 1 fully saturated rings. The Morgan fingerprint density at radius 2 is 2.04 bits per heavy atom. The van der Waals surface area contributed by atoms with E-state index in [1.165, 1.54) is 0 Å². The molecule has 7 heteroatoms. The van der Waals surface area contributed by atoms with Gasteiger partial charge in [-0.25, -0.2) is 4.98 Å². The molecule has 140 valence electrons. The average molecular weight is 494 g/mol. The van der Waals surface area contributed by atoms with Gasteiger partial charge in [-0.15, -0.1) is 0 Å². The van der Waals surface area contributed by atoms with Gasteiger partial charge >= 0.3 is 0 Å². The van der Waals surface area contributed by atoms with Crippen molar-refractivity contribution in [2.24, 2.45) is 0 Å². The van der Waals surface area contributed by atoms with Gasteiger partial charge in [-0.05, 0) is 40.0 Å². The van der Waals surface area contributed by atoms with E-state index < -0.39 is 0 Å². The van der Waals surface area contributed by atoms with Gasteiger partial charge < -0.3 is 14.2 Å². The number of aromatic nitrogens is 2. The lowest BCUT2D eigenvalue weighted by Crippen LogP contribution is -2.37. The summed E-state index contributed by atoms with van der Waals surface area (Å²) in [5.41, 5.74) is 4.26. The number of hydrogen-bond acceptors (Lipinski definition) is 4. The number of halogens is 2. The topological polar surface area (TPSA) is 45.5 Å². The first-order chi connectivity index (χ1) is 13.1.